The molecule has 0 unspecified atom stereocenters. The Morgan fingerprint density at radius 3 is 2.55 bits per heavy atom. The number of amides is 1. The van der Waals surface area contributed by atoms with Crippen molar-refractivity contribution in [2.45, 2.75) is 17.9 Å². The molecule has 1 amide bonds. The van der Waals surface area contributed by atoms with Crippen LogP contribution in [0, 0.1) is 6.92 Å². The van der Waals surface area contributed by atoms with Gasteiger partial charge in [0.05, 0.1) is 17.0 Å². The average molecular weight is 493 g/mol. The third-order valence-electron chi connectivity index (χ3n) is 5.38. The fourth-order valence-corrected chi connectivity index (χ4v) is 4.72. The highest BCUT2D eigenvalue weighted by Crippen LogP contribution is 2.41. The van der Waals surface area contributed by atoms with Gasteiger partial charge in [-0.2, -0.15) is 0 Å². The molecular formula is C24H17BrN2O3S. The monoisotopic (exact) mass is 492 g/mol. The molecule has 4 aromatic rings. The lowest BCUT2D eigenvalue weighted by Gasteiger charge is -2.24. The number of anilines is 1. The van der Waals surface area contributed by atoms with Crippen molar-refractivity contribution in [2.75, 3.05) is 11.2 Å². The molecule has 2 aromatic carbocycles. The van der Waals surface area contributed by atoms with E-state index in [1.54, 1.807) is 40.9 Å². The van der Waals surface area contributed by atoms with Gasteiger partial charge in [-0.15, -0.1) is 11.8 Å². The van der Waals surface area contributed by atoms with Crippen molar-refractivity contribution in [1.29, 1.82) is 0 Å². The van der Waals surface area contributed by atoms with Crippen molar-refractivity contribution in [2.24, 2.45) is 0 Å². The highest BCUT2D eigenvalue weighted by molar-refractivity contribution is 9.10. The Bertz CT molecular complexity index is 1400. The van der Waals surface area contributed by atoms with Gasteiger partial charge >= 0.3 is 0 Å². The Morgan fingerprint density at radius 1 is 1.06 bits per heavy atom. The number of hydrogen-bond donors (Lipinski definition) is 0. The van der Waals surface area contributed by atoms with Crippen LogP contribution in [0.25, 0.3) is 11.0 Å². The standard InChI is InChI=1S/C24H17BrN2O3S/c1-13-4-3-5-19(26-13)27-21(14-6-9-16(31-2)10-7-14)20-22(28)17-12-15(25)8-11-18(17)30-23(20)24(27)29/h3-12,21H,1-2H3/t21-/m0/s1. The highest BCUT2D eigenvalue weighted by atomic mass is 79.9. The van der Waals surface area contributed by atoms with E-state index in [1.807, 2.05) is 49.6 Å². The number of benzene rings is 2. The molecule has 0 radical (unpaired) electrons. The fraction of sp³-hybridized carbons (Fsp3) is 0.125. The van der Waals surface area contributed by atoms with E-state index in [0.29, 0.717) is 22.4 Å². The summed E-state index contributed by atoms with van der Waals surface area (Å²) in [4.78, 5) is 34.3. The minimum atomic E-state index is -0.618. The van der Waals surface area contributed by atoms with Crippen molar-refractivity contribution < 1.29 is 9.21 Å². The summed E-state index contributed by atoms with van der Waals surface area (Å²) in [5, 5.41) is 0.436. The number of nitrogens with zero attached hydrogens (tertiary/aromatic N) is 2. The summed E-state index contributed by atoms with van der Waals surface area (Å²) in [6.07, 6.45) is 2.00. The maximum absolute atomic E-state index is 13.6. The normalized spacial score (nSPS) is 15.5. The number of halogens is 1. The van der Waals surface area contributed by atoms with Crippen LogP contribution in [-0.4, -0.2) is 17.1 Å². The SMILES string of the molecule is CSc1ccc([C@H]2c3c(oc4ccc(Br)cc4c3=O)C(=O)N2c2cccc(C)n2)cc1. The minimum absolute atomic E-state index is 0.0714. The second-order valence-electron chi connectivity index (χ2n) is 7.30. The molecule has 0 saturated carbocycles. The van der Waals surface area contributed by atoms with Crippen LogP contribution >= 0.6 is 27.7 Å². The van der Waals surface area contributed by atoms with Crippen molar-refractivity contribution in [3.63, 3.8) is 0 Å². The van der Waals surface area contributed by atoms with Crippen LogP contribution in [-0.2, 0) is 0 Å². The largest absolute Gasteiger partial charge is 0.450 e. The Kier molecular flexibility index (Phi) is 4.95. The molecule has 7 heteroatoms. The lowest BCUT2D eigenvalue weighted by molar-refractivity contribution is 0.0970. The zero-order chi connectivity index (χ0) is 21.7. The maximum atomic E-state index is 13.6. The minimum Gasteiger partial charge on any atom is -0.450 e. The molecule has 1 aliphatic rings. The van der Waals surface area contributed by atoms with Crippen LogP contribution in [0.3, 0.4) is 0 Å². The Balaban J connectivity index is 1.80. The number of aryl methyl sites for hydroxylation is 1. The van der Waals surface area contributed by atoms with Crippen LogP contribution in [0.4, 0.5) is 5.82 Å². The molecule has 2 aromatic heterocycles. The van der Waals surface area contributed by atoms with Gasteiger partial charge in [0, 0.05) is 15.1 Å². The fourth-order valence-electron chi connectivity index (χ4n) is 3.95. The lowest BCUT2D eigenvalue weighted by Crippen LogP contribution is -2.30. The second-order valence-corrected chi connectivity index (χ2v) is 9.10. The number of thioether (sulfide) groups is 1. The Hall–Kier alpha value is -2.90. The van der Waals surface area contributed by atoms with Crippen molar-refractivity contribution in [1.82, 2.24) is 4.98 Å². The molecule has 5 rings (SSSR count). The van der Waals surface area contributed by atoms with Crippen molar-refractivity contribution in [3.8, 4) is 0 Å². The molecule has 0 saturated heterocycles. The first-order valence-electron chi connectivity index (χ1n) is 9.65. The first-order chi connectivity index (χ1) is 15.0. The van der Waals surface area contributed by atoms with Gasteiger partial charge in [0.1, 0.15) is 11.4 Å². The number of pyridine rings is 1. The van der Waals surface area contributed by atoms with Crippen LogP contribution in [0.2, 0.25) is 0 Å². The molecule has 31 heavy (non-hydrogen) atoms. The zero-order valence-electron chi connectivity index (χ0n) is 16.8. The number of hydrogen-bond acceptors (Lipinski definition) is 5. The molecule has 0 spiro atoms. The van der Waals surface area contributed by atoms with Gasteiger partial charge in [-0.25, -0.2) is 4.98 Å². The number of aromatic nitrogens is 1. The molecule has 0 aliphatic carbocycles. The topological polar surface area (TPSA) is 63.4 Å². The van der Waals surface area contributed by atoms with Gasteiger partial charge in [0.2, 0.25) is 5.76 Å². The second kappa shape index (κ2) is 7.66. The van der Waals surface area contributed by atoms with Crippen LogP contribution in [0.1, 0.15) is 33.4 Å². The van der Waals surface area contributed by atoms with Crippen molar-refractivity contribution in [3.05, 3.63) is 97.9 Å². The summed E-state index contributed by atoms with van der Waals surface area (Å²) in [7, 11) is 0. The molecule has 0 N–H and O–H groups in total. The summed E-state index contributed by atoms with van der Waals surface area (Å²) in [5.41, 5.74) is 2.13. The van der Waals surface area contributed by atoms with Crippen LogP contribution in [0.15, 0.2) is 79.2 Å². The Morgan fingerprint density at radius 2 is 1.84 bits per heavy atom. The molecule has 0 bridgehead atoms. The molecule has 1 aliphatic heterocycles. The molecule has 0 fully saturated rings. The summed E-state index contributed by atoms with van der Waals surface area (Å²) in [6, 6.07) is 18.0. The number of carbonyl (C=O) groups excluding carboxylic acids is 1. The Labute approximate surface area is 191 Å². The van der Waals surface area contributed by atoms with Gasteiger partial charge in [-0.3, -0.25) is 14.5 Å². The molecule has 1 atom stereocenters. The number of rotatable bonds is 3. The van der Waals surface area contributed by atoms with E-state index in [4.69, 9.17) is 4.42 Å². The van der Waals surface area contributed by atoms with E-state index in [9.17, 15) is 9.59 Å². The lowest BCUT2D eigenvalue weighted by atomic mass is 9.98. The predicted octanol–water partition coefficient (Wildman–Crippen LogP) is 5.73. The van der Waals surface area contributed by atoms with Crippen LogP contribution < -0.4 is 10.3 Å². The first kappa shape index (κ1) is 20.0. The summed E-state index contributed by atoms with van der Waals surface area (Å²) < 4.78 is 6.76. The van der Waals surface area contributed by atoms with E-state index in [-0.39, 0.29) is 17.1 Å². The summed E-state index contributed by atoms with van der Waals surface area (Å²) >= 11 is 5.05. The number of carbonyl (C=O) groups is 1. The average Bonchev–Trinajstić information content (AvgIpc) is 3.07. The maximum Gasteiger partial charge on any atom is 0.296 e. The quantitative estimate of drug-likeness (QED) is 0.341. The molecule has 3 heterocycles. The molecule has 5 nitrogen and oxygen atoms in total. The van der Waals surface area contributed by atoms with E-state index in [1.165, 1.54) is 0 Å². The van der Waals surface area contributed by atoms with Gasteiger partial charge in [0.15, 0.2) is 5.43 Å². The van der Waals surface area contributed by atoms with Gasteiger partial charge in [0.25, 0.3) is 5.91 Å². The van der Waals surface area contributed by atoms with E-state index in [0.717, 1.165) is 20.6 Å². The smallest absolute Gasteiger partial charge is 0.296 e. The molecular weight excluding hydrogens is 476 g/mol. The third kappa shape index (κ3) is 3.28. The number of fused-ring (bicyclic) bond motifs is 2. The van der Waals surface area contributed by atoms with Gasteiger partial charge in [-0.05, 0) is 61.2 Å². The van der Waals surface area contributed by atoms with E-state index < -0.39 is 6.04 Å². The van der Waals surface area contributed by atoms with E-state index in [2.05, 4.69) is 20.9 Å². The first-order valence-corrected chi connectivity index (χ1v) is 11.7. The van der Waals surface area contributed by atoms with Gasteiger partial charge < -0.3 is 4.42 Å². The van der Waals surface area contributed by atoms with Crippen LogP contribution in [0.5, 0.6) is 0 Å². The molecule has 154 valence electrons. The predicted molar refractivity (Wildman–Crippen MR) is 126 cm³/mol. The van der Waals surface area contributed by atoms with E-state index >= 15 is 0 Å². The third-order valence-corrected chi connectivity index (χ3v) is 6.62. The summed E-state index contributed by atoms with van der Waals surface area (Å²) in [5.74, 6) is 0.191. The highest BCUT2D eigenvalue weighted by Gasteiger charge is 2.44. The summed E-state index contributed by atoms with van der Waals surface area (Å²) in [6.45, 7) is 1.87. The zero-order valence-corrected chi connectivity index (χ0v) is 19.2. The van der Waals surface area contributed by atoms with Gasteiger partial charge in [-0.1, -0.05) is 34.1 Å². The van der Waals surface area contributed by atoms with Crippen molar-refractivity contribution >= 4 is 50.4 Å².